The number of nitrogens with one attached hydrogen (secondary N) is 1. The van der Waals surface area contributed by atoms with E-state index in [1.165, 1.54) is 11.1 Å². The van der Waals surface area contributed by atoms with Crippen LogP contribution in [-0.4, -0.2) is 12.0 Å². The molecule has 0 aliphatic heterocycles. The third-order valence-electron chi connectivity index (χ3n) is 3.74. The van der Waals surface area contributed by atoms with Crippen LogP contribution in [0.4, 0.5) is 5.69 Å². The molecule has 0 heterocycles. The second-order valence-electron chi connectivity index (χ2n) is 5.62. The number of aryl methyl sites for hydroxylation is 3. The largest absolute Gasteiger partial charge is 0.481 e. The van der Waals surface area contributed by atoms with E-state index in [4.69, 9.17) is 4.74 Å². The molecule has 1 amide bonds. The molecule has 1 N–H and O–H groups in total. The molecule has 0 aromatic heterocycles. The molecular weight excluding hydrogens is 274 g/mol. The molecule has 0 spiro atoms. The number of ether oxygens (including phenoxy) is 1. The lowest BCUT2D eigenvalue weighted by Crippen LogP contribution is -2.32. The second-order valence-corrected chi connectivity index (χ2v) is 5.62. The van der Waals surface area contributed by atoms with Crippen LogP contribution in [-0.2, 0) is 4.79 Å². The summed E-state index contributed by atoms with van der Waals surface area (Å²) in [6.45, 7) is 8.05. The predicted octanol–water partition coefficient (Wildman–Crippen LogP) is 4.41. The fraction of sp³-hybridized carbons (Fsp3) is 0.316. The van der Waals surface area contributed by atoms with E-state index in [1.807, 2.05) is 63.2 Å². The summed E-state index contributed by atoms with van der Waals surface area (Å²) in [4.78, 5) is 12.4. The number of carbonyl (C=O) groups is 1. The fourth-order valence-electron chi connectivity index (χ4n) is 2.15. The van der Waals surface area contributed by atoms with Crippen LogP contribution < -0.4 is 10.1 Å². The van der Waals surface area contributed by atoms with Crippen molar-refractivity contribution >= 4 is 11.6 Å². The Labute approximate surface area is 132 Å². The Morgan fingerprint density at radius 1 is 1.05 bits per heavy atom. The lowest BCUT2D eigenvalue weighted by molar-refractivity contribution is -0.122. The van der Waals surface area contributed by atoms with Gasteiger partial charge in [0.05, 0.1) is 0 Å². The summed E-state index contributed by atoms with van der Waals surface area (Å²) in [6.07, 6.45) is 0.120. The zero-order valence-electron chi connectivity index (χ0n) is 13.6. The molecule has 0 radical (unpaired) electrons. The van der Waals surface area contributed by atoms with Crippen molar-refractivity contribution in [3.63, 3.8) is 0 Å². The molecule has 0 saturated heterocycles. The number of anilines is 1. The van der Waals surface area contributed by atoms with Gasteiger partial charge in [0, 0.05) is 5.69 Å². The highest BCUT2D eigenvalue weighted by Gasteiger charge is 2.18. The molecule has 116 valence electrons. The van der Waals surface area contributed by atoms with Gasteiger partial charge in [0.2, 0.25) is 0 Å². The molecule has 0 aliphatic rings. The average Bonchev–Trinajstić information content (AvgIpc) is 2.50. The number of hydrogen-bond donors (Lipinski definition) is 1. The highest BCUT2D eigenvalue weighted by atomic mass is 16.5. The van der Waals surface area contributed by atoms with Crippen molar-refractivity contribution in [3.05, 3.63) is 59.2 Å². The summed E-state index contributed by atoms with van der Waals surface area (Å²) in [5.41, 5.74) is 4.34. The van der Waals surface area contributed by atoms with Crippen molar-refractivity contribution in [2.75, 3.05) is 5.32 Å². The standard InChI is InChI=1S/C19H23NO2/c1-5-18(22-17-10-6-13(2)7-11-17)19(21)20-16-9-8-14(3)15(4)12-16/h6-12,18H,5H2,1-4H3,(H,20,21). The number of rotatable bonds is 5. The zero-order chi connectivity index (χ0) is 16.1. The molecule has 3 heteroatoms. The van der Waals surface area contributed by atoms with Crippen LogP contribution in [0, 0.1) is 20.8 Å². The monoisotopic (exact) mass is 297 g/mol. The van der Waals surface area contributed by atoms with Crippen LogP contribution in [0.1, 0.15) is 30.0 Å². The Kier molecular flexibility index (Phi) is 5.21. The molecular formula is C19H23NO2. The molecule has 1 atom stereocenters. The van der Waals surface area contributed by atoms with Crippen molar-refractivity contribution in [1.29, 1.82) is 0 Å². The van der Waals surface area contributed by atoms with E-state index in [-0.39, 0.29) is 5.91 Å². The number of amides is 1. The SMILES string of the molecule is CCC(Oc1ccc(C)cc1)C(=O)Nc1ccc(C)c(C)c1. The van der Waals surface area contributed by atoms with Crippen molar-refractivity contribution in [2.24, 2.45) is 0 Å². The molecule has 3 nitrogen and oxygen atoms in total. The van der Waals surface area contributed by atoms with Crippen LogP contribution in [0.2, 0.25) is 0 Å². The summed E-state index contributed by atoms with van der Waals surface area (Å²) < 4.78 is 5.79. The van der Waals surface area contributed by atoms with Crippen molar-refractivity contribution < 1.29 is 9.53 Å². The van der Waals surface area contributed by atoms with E-state index in [2.05, 4.69) is 12.2 Å². The van der Waals surface area contributed by atoms with Crippen LogP contribution in [0.3, 0.4) is 0 Å². The number of benzene rings is 2. The first kappa shape index (κ1) is 16.1. The Morgan fingerprint density at radius 2 is 1.73 bits per heavy atom. The smallest absolute Gasteiger partial charge is 0.265 e. The second kappa shape index (κ2) is 7.12. The zero-order valence-corrected chi connectivity index (χ0v) is 13.6. The molecule has 0 bridgehead atoms. The third kappa shape index (κ3) is 4.10. The average molecular weight is 297 g/mol. The van der Waals surface area contributed by atoms with E-state index in [0.29, 0.717) is 12.2 Å². The van der Waals surface area contributed by atoms with E-state index >= 15 is 0 Å². The minimum Gasteiger partial charge on any atom is -0.481 e. The van der Waals surface area contributed by atoms with Crippen LogP contribution in [0.5, 0.6) is 5.75 Å². The van der Waals surface area contributed by atoms with Gasteiger partial charge in [-0.3, -0.25) is 4.79 Å². The molecule has 1 unspecified atom stereocenters. The lowest BCUT2D eigenvalue weighted by Gasteiger charge is -2.18. The first-order chi connectivity index (χ1) is 10.5. The van der Waals surface area contributed by atoms with Crippen molar-refractivity contribution in [1.82, 2.24) is 0 Å². The molecule has 0 saturated carbocycles. The van der Waals surface area contributed by atoms with Gasteiger partial charge in [0.25, 0.3) is 5.91 Å². The van der Waals surface area contributed by atoms with Crippen LogP contribution >= 0.6 is 0 Å². The van der Waals surface area contributed by atoms with Gasteiger partial charge < -0.3 is 10.1 Å². The van der Waals surface area contributed by atoms with Gasteiger partial charge in [-0.25, -0.2) is 0 Å². The summed E-state index contributed by atoms with van der Waals surface area (Å²) >= 11 is 0. The highest BCUT2D eigenvalue weighted by molar-refractivity contribution is 5.94. The molecule has 0 fully saturated rings. The normalized spacial score (nSPS) is 11.8. The third-order valence-corrected chi connectivity index (χ3v) is 3.74. The minimum absolute atomic E-state index is 0.119. The van der Waals surface area contributed by atoms with Crippen molar-refractivity contribution in [2.45, 2.75) is 40.2 Å². The van der Waals surface area contributed by atoms with E-state index in [0.717, 1.165) is 11.3 Å². The number of carbonyl (C=O) groups excluding carboxylic acids is 1. The fourth-order valence-corrected chi connectivity index (χ4v) is 2.15. The van der Waals surface area contributed by atoms with Gasteiger partial charge in [0.15, 0.2) is 6.10 Å². The summed E-state index contributed by atoms with van der Waals surface area (Å²) in [6, 6.07) is 13.6. The Morgan fingerprint density at radius 3 is 2.32 bits per heavy atom. The van der Waals surface area contributed by atoms with Gasteiger partial charge in [-0.15, -0.1) is 0 Å². The maximum atomic E-state index is 12.4. The van der Waals surface area contributed by atoms with Gasteiger partial charge in [-0.2, -0.15) is 0 Å². The van der Waals surface area contributed by atoms with Gasteiger partial charge in [-0.1, -0.05) is 30.7 Å². The van der Waals surface area contributed by atoms with Crippen LogP contribution in [0.25, 0.3) is 0 Å². The van der Waals surface area contributed by atoms with E-state index in [1.54, 1.807) is 0 Å². The topological polar surface area (TPSA) is 38.3 Å². The predicted molar refractivity (Wildman–Crippen MR) is 90.4 cm³/mol. The minimum atomic E-state index is -0.496. The molecule has 0 aliphatic carbocycles. The first-order valence-corrected chi connectivity index (χ1v) is 7.61. The maximum absolute atomic E-state index is 12.4. The summed E-state index contributed by atoms with van der Waals surface area (Å²) in [5.74, 6) is 0.596. The highest BCUT2D eigenvalue weighted by Crippen LogP contribution is 2.17. The maximum Gasteiger partial charge on any atom is 0.265 e. The Balaban J connectivity index is 2.04. The van der Waals surface area contributed by atoms with Gasteiger partial charge >= 0.3 is 0 Å². The molecule has 2 rings (SSSR count). The van der Waals surface area contributed by atoms with E-state index in [9.17, 15) is 4.79 Å². The quantitative estimate of drug-likeness (QED) is 0.888. The van der Waals surface area contributed by atoms with Crippen molar-refractivity contribution in [3.8, 4) is 5.75 Å². The number of hydrogen-bond acceptors (Lipinski definition) is 2. The van der Waals surface area contributed by atoms with Gasteiger partial charge in [-0.05, 0) is 62.6 Å². The summed E-state index contributed by atoms with van der Waals surface area (Å²) in [7, 11) is 0. The lowest BCUT2D eigenvalue weighted by atomic mass is 10.1. The first-order valence-electron chi connectivity index (χ1n) is 7.61. The Hall–Kier alpha value is -2.29. The van der Waals surface area contributed by atoms with E-state index < -0.39 is 6.10 Å². The summed E-state index contributed by atoms with van der Waals surface area (Å²) in [5, 5.41) is 2.93. The Bertz CT molecular complexity index is 647. The molecule has 2 aromatic carbocycles. The molecule has 2 aromatic rings. The molecule has 22 heavy (non-hydrogen) atoms. The van der Waals surface area contributed by atoms with Crippen LogP contribution in [0.15, 0.2) is 42.5 Å². The van der Waals surface area contributed by atoms with Gasteiger partial charge in [0.1, 0.15) is 5.75 Å².